The van der Waals surface area contributed by atoms with Gasteiger partial charge in [-0.15, -0.1) is 0 Å². The molecular formula is C15H18ClN3. The maximum Gasteiger partial charge on any atom is 0.0584 e. The second kappa shape index (κ2) is 6.66. The minimum atomic E-state index is 0.473. The van der Waals surface area contributed by atoms with Gasteiger partial charge in [0, 0.05) is 30.9 Å². The van der Waals surface area contributed by atoms with Crippen LogP contribution in [0.2, 0.25) is 5.02 Å². The van der Waals surface area contributed by atoms with Crippen LogP contribution in [0.25, 0.3) is 0 Å². The van der Waals surface area contributed by atoms with Gasteiger partial charge in [-0.2, -0.15) is 0 Å². The standard InChI is InChI=1S/C15H18ClN3/c1-19(10-12-4-2-6-14(16)8-12)11-13-5-3-7-18-15(13)9-17/h2-8H,9-11,17H2,1H3. The number of halogens is 1. The molecule has 0 atom stereocenters. The molecule has 0 radical (unpaired) electrons. The summed E-state index contributed by atoms with van der Waals surface area (Å²) in [6.07, 6.45) is 1.78. The molecular weight excluding hydrogens is 258 g/mol. The first kappa shape index (κ1) is 14.0. The molecule has 0 fully saturated rings. The SMILES string of the molecule is CN(Cc1cccc(Cl)c1)Cc1cccnc1CN. The van der Waals surface area contributed by atoms with E-state index in [4.69, 9.17) is 17.3 Å². The number of aromatic nitrogens is 1. The summed E-state index contributed by atoms with van der Waals surface area (Å²) in [6.45, 7) is 2.15. The summed E-state index contributed by atoms with van der Waals surface area (Å²) >= 11 is 5.99. The molecule has 0 bridgehead atoms. The van der Waals surface area contributed by atoms with Gasteiger partial charge in [-0.3, -0.25) is 9.88 Å². The zero-order valence-corrected chi connectivity index (χ0v) is 11.8. The average molecular weight is 276 g/mol. The monoisotopic (exact) mass is 275 g/mol. The first-order valence-corrected chi connectivity index (χ1v) is 6.62. The molecule has 19 heavy (non-hydrogen) atoms. The van der Waals surface area contributed by atoms with E-state index >= 15 is 0 Å². The summed E-state index contributed by atoms with van der Waals surface area (Å²) in [5.74, 6) is 0. The lowest BCUT2D eigenvalue weighted by Crippen LogP contribution is -2.19. The molecule has 100 valence electrons. The Labute approximate surface area is 119 Å². The molecule has 0 aliphatic carbocycles. The molecule has 1 aromatic carbocycles. The molecule has 2 N–H and O–H groups in total. The van der Waals surface area contributed by atoms with Crippen LogP contribution in [0, 0.1) is 0 Å². The highest BCUT2D eigenvalue weighted by atomic mass is 35.5. The molecule has 0 unspecified atom stereocenters. The molecule has 1 heterocycles. The van der Waals surface area contributed by atoms with Crippen LogP contribution < -0.4 is 5.73 Å². The minimum absolute atomic E-state index is 0.473. The maximum absolute atomic E-state index is 5.99. The van der Waals surface area contributed by atoms with Gasteiger partial charge in [0.05, 0.1) is 5.69 Å². The third-order valence-corrected chi connectivity index (χ3v) is 3.19. The van der Waals surface area contributed by atoms with Gasteiger partial charge in [-0.05, 0) is 36.4 Å². The van der Waals surface area contributed by atoms with Crippen LogP contribution in [0.5, 0.6) is 0 Å². The van der Waals surface area contributed by atoms with E-state index in [2.05, 4.69) is 29.1 Å². The highest BCUT2D eigenvalue weighted by Crippen LogP contribution is 2.14. The van der Waals surface area contributed by atoms with Crippen molar-refractivity contribution in [2.75, 3.05) is 7.05 Å². The molecule has 2 aromatic rings. The second-order valence-electron chi connectivity index (χ2n) is 4.62. The topological polar surface area (TPSA) is 42.2 Å². The number of hydrogen-bond acceptors (Lipinski definition) is 3. The van der Waals surface area contributed by atoms with Crippen molar-refractivity contribution in [1.29, 1.82) is 0 Å². The fraction of sp³-hybridized carbons (Fsp3) is 0.267. The highest BCUT2D eigenvalue weighted by Gasteiger charge is 2.06. The third kappa shape index (κ3) is 4.03. The maximum atomic E-state index is 5.99. The highest BCUT2D eigenvalue weighted by molar-refractivity contribution is 6.30. The third-order valence-electron chi connectivity index (χ3n) is 2.96. The van der Waals surface area contributed by atoms with Gasteiger partial charge >= 0.3 is 0 Å². The minimum Gasteiger partial charge on any atom is -0.325 e. The predicted molar refractivity (Wildman–Crippen MR) is 78.8 cm³/mol. The Bertz CT molecular complexity index is 542. The van der Waals surface area contributed by atoms with E-state index in [0.29, 0.717) is 6.54 Å². The van der Waals surface area contributed by atoms with Gasteiger partial charge in [0.25, 0.3) is 0 Å². The van der Waals surface area contributed by atoms with Gasteiger partial charge in [-0.1, -0.05) is 29.8 Å². The molecule has 1 aromatic heterocycles. The fourth-order valence-electron chi connectivity index (χ4n) is 2.09. The van der Waals surface area contributed by atoms with Crippen LogP contribution >= 0.6 is 11.6 Å². The van der Waals surface area contributed by atoms with Crippen molar-refractivity contribution in [3.05, 3.63) is 64.4 Å². The van der Waals surface area contributed by atoms with Crippen molar-refractivity contribution in [3.63, 3.8) is 0 Å². The molecule has 0 saturated carbocycles. The Morgan fingerprint density at radius 1 is 1.21 bits per heavy atom. The van der Waals surface area contributed by atoms with Crippen LogP contribution in [0.4, 0.5) is 0 Å². The number of hydrogen-bond donors (Lipinski definition) is 1. The van der Waals surface area contributed by atoms with Crippen LogP contribution in [0.15, 0.2) is 42.6 Å². The van der Waals surface area contributed by atoms with E-state index in [9.17, 15) is 0 Å². The molecule has 0 amide bonds. The van der Waals surface area contributed by atoms with Crippen molar-refractivity contribution in [3.8, 4) is 0 Å². The van der Waals surface area contributed by atoms with Gasteiger partial charge in [-0.25, -0.2) is 0 Å². The fourth-order valence-corrected chi connectivity index (χ4v) is 2.31. The lowest BCUT2D eigenvalue weighted by molar-refractivity contribution is 0.317. The van der Waals surface area contributed by atoms with Crippen molar-refractivity contribution in [1.82, 2.24) is 9.88 Å². The first-order valence-electron chi connectivity index (χ1n) is 6.25. The van der Waals surface area contributed by atoms with E-state index in [1.54, 1.807) is 6.20 Å². The van der Waals surface area contributed by atoms with Crippen LogP contribution in [0.1, 0.15) is 16.8 Å². The number of benzene rings is 1. The van der Waals surface area contributed by atoms with Crippen LogP contribution in [0.3, 0.4) is 0 Å². The van der Waals surface area contributed by atoms with E-state index < -0.39 is 0 Å². The van der Waals surface area contributed by atoms with E-state index in [-0.39, 0.29) is 0 Å². The smallest absolute Gasteiger partial charge is 0.0584 e. The van der Waals surface area contributed by atoms with E-state index in [0.717, 1.165) is 23.8 Å². The summed E-state index contributed by atoms with van der Waals surface area (Å²) in [7, 11) is 2.08. The molecule has 3 nitrogen and oxygen atoms in total. The molecule has 0 saturated heterocycles. The second-order valence-corrected chi connectivity index (χ2v) is 5.05. The summed E-state index contributed by atoms with van der Waals surface area (Å²) in [5.41, 5.74) is 9.04. The average Bonchev–Trinajstić information content (AvgIpc) is 2.39. The van der Waals surface area contributed by atoms with Crippen molar-refractivity contribution in [2.45, 2.75) is 19.6 Å². The van der Waals surface area contributed by atoms with Crippen molar-refractivity contribution >= 4 is 11.6 Å². The van der Waals surface area contributed by atoms with E-state index in [1.165, 1.54) is 11.1 Å². The van der Waals surface area contributed by atoms with E-state index in [1.807, 2.05) is 24.3 Å². The zero-order valence-electron chi connectivity index (χ0n) is 11.0. The molecule has 4 heteroatoms. The van der Waals surface area contributed by atoms with Crippen LogP contribution in [-0.4, -0.2) is 16.9 Å². The molecule has 0 aliphatic heterocycles. The Hall–Kier alpha value is -1.42. The van der Waals surface area contributed by atoms with Gasteiger partial charge < -0.3 is 5.73 Å². The first-order chi connectivity index (χ1) is 9.19. The van der Waals surface area contributed by atoms with Gasteiger partial charge in [0.2, 0.25) is 0 Å². The predicted octanol–water partition coefficient (Wildman–Crippen LogP) is 2.83. The number of nitrogens with two attached hydrogens (primary N) is 1. The lowest BCUT2D eigenvalue weighted by Gasteiger charge is -2.18. The quantitative estimate of drug-likeness (QED) is 0.912. The zero-order chi connectivity index (χ0) is 13.7. The van der Waals surface area contributed by atoms with Crippen LogP contribution in [-0.2, 0) is 19.6 Å². The van der Waals surface area contributed by atoms with Crippen molar-refractivity contribution < 1.29 is 0 Å². The summed E-state index contributed by atoms with van der Waals surface area (Å²) in [5, 5.41) is 0.773. The van der Waals surface area contributed by atoms with Crippen molar-refractivity contribution in [2.24, 2.45) is 5.73 Å². The Morgan fingerprint density at radius 3 is 2.79 bits per heavy atom. The largest absolute Gasteiger partial charge is 0.325 e. The molecule has 2 rings (SSSR count). The number of rotatable bonds is 5. The summed E-state index contributed by atoms with van der Waals surface area (Å²) in [6, 6.07) is 11.9. The van der Waals surface area contributed by atoms with Gasteiger partial charge in [0.1, 0.15) is 0 Å². The Kier molecular flexibility index (Phi) is 4.91. The number of pyridine rings is 1. The lowest BCUT2D eigenvalue weighted by atomic mass is 10.1. The molecule has 0 spiro atoms. The molecule has 0 aliphatic rings. The summed E-state index contributed by atoms with van der Waals surface area (Å²) < 4.78 is 0. The van der Waals surface area contributed by atoms with Gasteiger partial charge in [0.15, 0.2) is 0 Å². The normalized spacial score (nSPS) is 10.9. The number of nitrogens with zero attached hydrogens (tertiary/aromatic N) is 2. The Balaban J connectivity index is 2.03. The summed E-state index contributed by atoms with van der Waals surface area (Å²) in [4.78, 5) is 6.52. The Morgan fingerprint density at radius 2 is 2.05 bits per heavy atom.